The molecule has 0 nitrogen and oxygen atoms in total. The first-order chi connectivity index (χ1) is 9.74. The van der Waals surface area contributed by atoms with Gasteiger partial charge in [-0.05, 0) is 56.2 Å². The molecule has 0 fully saturated rings. The van der Waals surface area contributed by atoms with Gasteiger partial charge in [0.25, 0.3) is 0 Å². The Morgan fingerprint density at radius 1 is 1.35 bits per heavy atom. The maximum absolute atomic E-state index is 4.04. The summed E-state index contributed by atoms with van der Waals surface area (Å²) in [6.07, 6.45) is 11.8. The summed E-state index contributed by atoms with van der Waals surface area (Å²) in [5.74, 6) is 1.03. The first-order valence-electron chi connectivity index (χ1n) is 7.50. The molecule has 0 saturated heterocycles. The van der Waals surface area contributed by atoms with E-state index in [-0.39, 0.29) is 0 Å². The van der Waals surface area contributed by atoms with Crippen LogP contribution in [0.1, 0.15) is 44.1 Å². The summed E-state index contributed by atoms with van der Waals surface area (Å²) >= 11 is 2.49. The minimum absolute atomic E-state index is 0.506. The van der Waals surface area contributed by atoms with E-state index in [9.17, 15) is 0 Å². The minimum atomic E-state index is 0.506. The highest BCUT2D eigenvalue weighted by Gasteiger charge is 2.19. The van der Waals surface area contributed by atoms with Crippen molar-refractivity contribution in [3.63, 3.8) is 0 Å². The predicted molar refractivity (Wildman–Crippen MR) is 97.2 cm³/mol. The van der Waals surface area contributed by atoms with Gasteiger partial charge in [-0.1, -0.05) is 62.2 Å². The molecule has 0 amide bonds. The van der Waals surface area contributed by atoms with Crippen molar-refractivity contribution >= 4 is 22.6 Å². The fourth-order valence-electron chi connectivity index (χ4n) is 2.78. The van der Waals surface area contributed by atoms with Crippen molar-refractivity contribution in [3.8, 4) is 0 Å². The molecule has 2 unspecified atom stereocenters. The largest absolute Gasteiger partial charge is 0.102 e. The second-order valence-corrected chi connectivity index (χ2v) is 6.85. The van der Waals surface area contributed by atoms with Gasteiger partial charge < -0.3 is 0 Å². The lowest BCUT2D eigenvalue weighted by molar-refractivity contribution is 0.619. The van der Waals surface area contributed by atoms with Crippen molar-refractivity contribution in [3.05, 3.63) is 69.9 Å². The van der Waals surface area contributed by atoms with Crippen LogP contribution < -0.4 is 0 Å². The van der Waals surface area contributed by atoms with Crippen LogP contribution in [0.25, 0.3) is 0 Å². The number of unbranched alkanes of at least 4 members (excludes halogenated alkanes) is 1. The van der Waals surface area contributed by atoms with Crippen molar-refractivity contribution in [2.24, 2.45) is 5.92 Å². The van der Waals surface area contributed by atoms with Crippen LogP contribution in [0.3, 0.4) is 0 Å². The zero-order chi connectivity index (χ0) is 14.4. The SMILES string of the molecule is C=CC(CCCC)C1=CC(c2ccccc2)CC(I)=C1. The third-order valence-corrected chi connectivity index (χ3v) is 4.69. The molecule has 0 radical (unpaired) electrons. The smallest absolute Gasteiger partial charge is 0.00688 e. The molecule has 1 aromatic carbocycles. The third kappa shape index (κ3) is 4.08. The Kier molecular flexibility index (Phi) is 6.08. The molecule has 0 N–H and O–H groups in total. The molecule has 20 heavy (non-hydrogen) atoms. The molecular formula is C19H23I. The van der Waals surface area contributed by atoms with Gasteiger partial charge in [-0.3, -0.25) is 0 Å². The summed E-state index contributed by atoms with van der Waals surface area (Å²) in [5.41, 5.74) is 2.88. The molecule has 2 rings (SSSR count). The fourth-order valence-corrected chi connectivity index (χ4v) is 3.61. The number of rotatable bonds is 6. The molecule has 0 saturated carbocycles. The molecule has 1 aromatic rings. The van der Waals surface area contributed by atoms with E-state index in [2.05, 4.69) is 84.7 Å². The molecule has 0 bridgehead atoms. The minimum Gasteiger partial charge on any atom is -0.102 e. The second kappa shape index (κ2) is 7.82. The molecule has 0 aliphatic heterocycles. The predicted octanol–water partition coefficient (Wildman–Crippen LogP) is 6.41. The standard InChI is InChI=1S/C19H23I/c1-3-5-9-15(4-2)17-12-18(14-19(20)13-17)16-10-7-6-8-11-16/h4,6-8,10-13,15,18H,2-3,5,9,14H2,1H3. The zero-order valence-corrected chi connectivity index (χ0v) is 14.3. The Balaban J connectivity index is 2.22. The molecule has 0 heterocycles. The van der Waals surface area contributed by atoms with Crippen LogP contribution in [-0.4, -0.2) is 0 Å². The van der Waals surface area contributed by atoms with Crippen LogP contribution in [0.5, 0.6) is 0 Å². The van der Waals surface area contributed by atoms with Gasteiger partial charge in [0.05, 0.1) is 0 Å². The molecule has 1 aliphatic rings. The number of halogens is 1. The highest BCUT2D eigenvalue weighted by Crippen LogP contribution is 2.37. The summed E-state index contributed by atoms with van der Waals surface area (Å²) in [6, 6.07) is 10.8. The van der Waals surface area contributed by atoms with Gasteiger partial charge >= 0.3 is 0 Å². The van der Waals surface area contributed by atoms with E-state index in [4.69, 9.17) is 0 Å². The lowest BCUT2D eigenvalue weighted by atomic mass is 9.83. The molecule has 1 heteroatoms. The molecule has 0 aromatic heterocycles. The van der Waals surface area contributed by atoms with Crippen LogP contribution in [0, 0.1) is 5.92 Å². The normalized spacial score (nSPS) is 20.0. The van der Waals surface area contributed by atoms with E-state index in [1.807, 2.05) is 0 Å². The highest BCUT2D eigenvalue weighted by atomic mass is 127. The Morgan fingerprint density at radius 3 is 2.75 bits per heavy atom. The van der Waals surface area contributed by atoms with E-state index in [1.54, 1.807) is 0 Å². The van der Waals surface area contributed by atoms with Gasteiger partial charge in [0.2, 0.25) is 0 Å². The summed E-state index contributed by atoms with van der Waals surface area (Å²) in [6.45, 7) is 6.29. The Morgan fingerprint density at radius 2 is 2.10 bits per heavy atom. The van der Waals surface area contributed by atoms with E-state index in [0.717, 1.165) is 6.42 Å². The molecule has 0 spiro atoms. The average Bonchev–Trinajstić information content (AvgIpc) is 2.48. The quantitative estimate of drug-likeness (QED) is 0.396. The van der Waals surface area contributed by atoms with Crippen molar-refractivity contribution in [2.75, 3.05) is 0 Å². The first kappa shape index (κ1) is 15.6. The van der Waals surface area contributed by atoms with E-state index < -0.39 is 0 Å². The van der Waals surface area contributed by atoms with Gasteiger partial charge in [0, 0.05) is 11.8 Å². The van der Waals surface area contributed by atoms with Crippen LogP contribution in [0.2, 0.25) is 0 Å². The first-order valence-corrected chi connectivity index (χ1v) is 8.57. The van der Waals surface area contributed by atoms with Crippen LogP contribution >= 0.6 is 22.6 Å². The summed E-state index contributed by atoms with van der Waals surface area (Å²) in [4.78, 5) is 0. The highest BCUT2D eigenvalue weighted by molar-refractivity contribution is 14.1. The van der Waals surface area contributed by atoms with Gasteiger partial charge in [0.1, 0.15) is 0 Å². The van der Waals surface area contributed by atoms with Crippen LogP contribution in [0.4, 0.5) is 0 Å². The van der Waals surface area contributed by atoms with Crippen molar-refractivity contribution in [1.82, 2.24) is 0 Å². The Bertz CT molecular complexity index is 496. The van der Waals surface area contributed by atoms with E-state index in [1.165, 1.54) is 34.0 Å². The van der Waals surface area contributed by atoms with Crippen molar-refractivity contribution in [1.29, 1.82) is 0 Å². The Hall–Kier alpha value is -0.830. The number of hydrogen-bond acceptors (Lipinski definition) is 0. The monoisotopic (exact) mass is 378 g/mol. The van der Waals surface area contributed by atoms with Gasteiger partial charge in [0.15, 0.2) is 0 Å². The van der Waals surface area contributed by atoms with Gasteiger partial charge in [-0.15, -0.1) is 6.58 Å². The topological polar surface area (TPSA) is 0 Å². The third-order valence-electron chi connectivity index (χ3n) is 3.94. The van der Waals surface area contributed by atoms with Gasteiger partial charge in [-0.2, -0.15) is 0 Å². The van der Waals surface area contributed by atoms with Crippen molar-refractivity contribution in [2.45, 2.75) is 38.5 Å². The second-order valence-electron chi connectivity index (χ2n) is 5.46. The van der Waals surface area contributed by atoms with Crippen LogP contribution in [-0.2, 0) is 0 Å². The fraction of sp³-hybridized carbons (Fsp3) is 0.368. The zero-order valence-electron chi connectivity index (χ0n) is 12.2. The maximum Gasteiger partial charge on any atom is 0.00688 e. The summed E-state index contributed by atoms with van der Waals surface area (Å²) < 4.78 is 1.46. The summed E-state index contributed by atoms with van der Waals surface area (Å²) in [7, 11) is 0. The maximum atomic E-state index is 4.04. The average molecular weight is 378 g/mol. The van der Waals surface area contributed by atoms with Gasteiger partial charge in [-0.25, -0.2) is 0 Å². The van der Waals surface area contributed by atoms with E-state index >= 15 is 0 Å². The lowest BCUT2D eigenvalue weighted by Gasteiger charge is -2.23. The Labute approximate surface area is 136 Å². The molecule has 1 aliphatic carbocycles. The molecule has 106 valence electrons. The number of hydrogen-bond donors (Lipinski definition) is 0. The molecule has 2 atom stereocenters. The summed E-state index contributed by atoms with van der Waals surface area (Å²) in [5, 5.41) is 0. The number of benzene rings is 1. The van der Waals surface area contributed by atoms with Crippen molar-refractivity contribution < 1.29 is 0 Å². The lowest BCUT2D eigenvalue weighted by Crippen LogP contribution is -2.07. The van der Waals surface area contributed by atoms with Crippen LogP contribution in [0.15, 0.2) is 64.3 Å². The number of allylic oxidation sites excluding steroid dienone is 5. The van der Waals surface area contributed by atoms with E-state index in [0.29, 0.717) is 11.8 Å². The molecular weight excluding hydrogens is 355 g/mol.